The van der Waals surface area contributed by atoms with Gasteiger partial charge in [-0.25, -0.2) is 5.01 Å². The fraction of sp³-hybridized carbons (Fsp3) is 0.250. The molecule has 2 aromatic rings. The van der Waals surface area contributed by atoms with E-state index in [0.717, 1.165) is 28.6 Å². The number of nitrogens with zero attached hydrogens (tertiary/aromatic N) is 3. The van der Waals surface area contributed by atoms with Gasteiger partial charge >= 0.3 is 5.24 Å². The number of amidine groups is 1. The van der Waals surface area contributed by atoms with Crippen molar-refractivity contribution in [2.24, 2.45) is 10.1 Å². The van der Waals surface area contributed by atoms with Crippen molar-refractivity contribution in [3.05, 3.63) is 70.7 Å². The zero-order valence-corrected chi connectivity index (χ0v) is 16.0. The first-order valence-electron chi connectivity index (χ1n) is 8.73. The summed E-state index contributed by atoms with van der Waals surface area (Å²) in [5.41, 5.74) is 3.06. The van der Waals surface area contributed by atoms with Crippen LogP contribution in [0.25, 0.3) is 0 Å². The van der Waals surface area contributed by atoms with Crippen LogP contribution in [-0.4, -0.2) is 38.8 Å². The van der Waals surface area contributed by atoms with Gasteiger partial charge in [-0.2, -0.15) is 10.1 Å². The monoisotopic (exact) mass is 399 g/mol. The Hall–Kier alpha value is -2.15. The lowest BCUT2D eigenvalue weighted by atomic mass is 9.98. The van der Waals surface area contributed by atoms with E-state index in [9.17, 15) is 9.90 Å². The van der Waals surface area contributed by atoms with Gasteiger partial charge in [-0.1, -0.05) is 65.8 Å². The van der Waals surface area contributed by atoms with Gasteiger partial charge in [-0.15, -0.1) is 0 Å². The van der Waals surface area contributed by atoms with E-state index in [1.165, 1.54) is 0 Å². The molecule has 4 rings (SSSR count). The molecule has 1 amide bonds. The normalized spacial score (nSPS) is 22.1. The number of benzene rings is 2. The maximum atomic E-state index is 11.9. The van der Waals surface area contributed by atoms with Gasteiger partial charge in [-0.3, -0.25) is 4.79 Å². The van der Waals surface area contributed by atoms with Gasteiger partial charge in [-0.05, 0) is 29.7 Å². The van der Waals surface area contributed by atoms with Gasteiger partial charge in [0.1, 0.15) is 5.84 Å². The summed E-state index contributed by atoms with van der Waals surface area (Å²) >= 11 is 7.20. The molecular weight excluding hydrogens is 382 g/mol. The molecule has 7 heteroatoms. The lowest BCUT2D eigenvalue weighted by Crippen LogP contribution is -2.33. The molecule has 2 aliphatic rings. The summed E-state index contributed by atoms with van der Waals surface area (Å²) in [6.07, 6.45) is 1.17. The molecule has 2 heterocycles. The lowest BCUT2D eigenvalue weighted by molar-refractivity contribution is 0.267. The van der Waals surface area contributed by atoms with Crippen LogP contribution in [0, 0.1) is 0 Å². The fourth-order valence-electron chi connectivity index (χ4n) is 3.34. The first-order chi connectivity index (χ1) is 13.2. The van der Waals surface area contributed by atoms with Crippen LogP contribution in [0.2, 0.25) is 5.02 Å². The number of carbonyl (C=O) groups is 1. The van der Waals surface area contributed by atoms with Crippen molar-refractivity contribution in [1.29, 1.82) is 0 Å². The van der Waals surface area contributed by atoms with E-state index in [1.807, 2.05) is 59.6 Å². The molecule has 138 valence electrons. The summed E-state index contributed by atoms with van der Waals surface area (Å²) in [5.74, 6) is 0.616. The van der Waals surface area contributed by atoms with E-state index < -0.39 is 0 Å². The highest BCUT2D eigenvalue weighted by atomic mass is 35.5. The molecule has 2 aromatic carbocycles. The number of aliphatic hydroxyl groups is 1. The Morgan fingerprint density at radius 2 is 1.89 bits per heavy atom. The van der Waals surface area contributed by atoms with Crippen LogP contribution in [0.3, 0.4) is 0 Å². The molecule has 2 atom stereocenters. The third-order valence-corrected chi connectivity index (χ3v) is 5.91. The molecule has 27 heavy (non-hydrogen) atoms. The number of aliphatic hydroxyl groups excluding tert-OH is 1. The van der Waals surface area contributed by atoms with Crippen molar-refractivity contribution in [2.75, 3.05) is 6.61 Å². The predicted molar refractivity (Wildman–Crippen MR) is 110 cm³/mol. The standard InChI is InChI=1S/C20H18ClN3O2S/c21-15-8-6-14(7-9-15)17-12-16(13-4-2-1-3-5-13)23-24(17)19-18(10-11-25)27-20(26)22-19/h1-9,17-18,25H,10-12H2. The first-order valence-corrected chi connectivity index (χ1v) is 9.99. The number of carbonyl (C=O) groups excluding carboxylic acids is 1. The minimum absolute atomic E-state index is 0.00131. The Morgan fingerprint density at radius 1 is 1.15 bits per heavy atom. The third kappa shape index (κ3) is 3.78. The predicted octanol–water partition coefficient (Wildman–Crippen LogP) is 4.51. The van der Waals surface area contributed by atoms with Gasteiger partial charge < -0.3 is 5.11 Å². The van der Waals surface area contributed by atoms with Crippen molar-refractivity contribution >= 4 is 40.1 Å². The second kappa shape index (κ2) is 7.84. The largest absolute Gasteiger partial charge is 0.396 e. The Labute approximate surface area is 166 Å². The summed E-state index contributed by atoms with van der Waals surface area (Å²) in [4.78, 5) is 16.2. The smallest absolute Gasteiger partial charge is 0.307 e. The highest BCUT2D eigenvalue weighted by Gasteiger charge is 2.39. The third-order valence-electron chi connectivity index (χ3n) is 4.64. The number of amides is 1. The van der Waals surface area contributed by atoms with Crippen LogP contribution in [0.5, 0.6) is 0 Å². The minimum atomic E-state index is -0.235. The van der Waals surface area contributed by atoms with Gasteiger partial charge in [0.2, 0.25) is 0 Å². The number of rotatable bonds is 4. The van der Waals surface area contributed by atoms with Crippen LogP contribution in [-0.2, 0) is 0 Å². The molecule has 0 saturated carbocycles. The SMILES string of the molecule is O=C1N=C(N2N=C(c3ccccc3)CC2c2ccc(Cl)cc2)C(CCO)S1. The van der Waals surface area contributed by atoms with E-state index in [-0.39, 0.29) is 23.1 Å². The summed E-state index contributed by atoms with van der Waals surface area (Å²) < 4.78 is 0. The van der Waals surface area contributed by atoms with Crippen molar-refractivity contribution < 1.29 is 9.90 Å². The Bertz CT molecular complexity index is 899. The molecule has 0 bridgehead atoms. The molecule has 0 radical (unpaired) electrons. The van der Waals surface area contributed by atoms with Gasteiger partial charge in [0.15, 0.2) is 0 Å². The molecule has 1 N–H and O–H groups in total. The van der Waals surface area contributed by atoms with Crippen molar-refractivity contribution in [3.63, 3.8) is 0 Å². The molecule has 5 nitrogen and oxygen atoms in total. The number of hydrazone groups is 1. The zero-order valence-electron chi connectivity index (χ0n) is 14.5. The number of thioether (sulfide) groups is 1. The average Bonchev–Trinajstić information content (AvgIpc) is 3.27. The van der Waals surface area contributed by atoms with E-state index in [0.29, 0.717) is 23.7 Å². The summed E-state index contributed by atoms with van der Waals surface area (Å²) in [6, 6.07) is 17.6. The Morgan fingerprint density at radius 3 is 2.59 bits per heavy atom. The second-order valence-corrected chi connectivity index (χ2v) is 7.97. The summed E-state index contributed by atoms with van der Waals surface area (Å²) in [7, 11) is 0. The maximum Gasteiger partial charge on any atom is 0.307 e. The van der Waals surface area contributed by atoms with Crippen LogP contribution < -0.4 is 0 Å². The minimum Gasteiger partial charge on any atom is -0.396 e. The van der Waals surface area contributed by atoms with Crippen LogP contribution >= 0.6 is 23.4 Å². The molecule has 0 fully saturated rings. The number of aliphatic imine (C=N–C) groups is 1. The van der Waals surface area contributed by atoms with E-state index in [1.54, 1.807) is 0 Å². The highest BCUT2D eigenvalue weighted by Crippen LogP contribution is 2.38. The molecule has 0 spiro atoms. The van der Waals surface area contributed by atoms with Gasteiger partial charge in [0.25, 0.3) is 0 Å². The van der Waals surface area contributed by atoms with Crippen LogP contribution in [0.4, 0.5) is 4.79 Å². The quantitative estimate of drug-likeness (QED) is 0.821. The zero-order chi connectivity index (χ0) is 18.8. The van der Waals surface area contributed by atoms with E-state index in [4.69, 9.17) is 16.7 Å². The van der Waals surface area contributed by atoms with Crippen LogP contribution in [0.15, 0.2) is 64.7 Å². The molecule has 0 aromatic heterocycles. The van der Waals surface area contributed by atoms with E-state index >= 15 is 0 Å². The average molecular weight is 400 g/mol. The van der Waals surface area contributed by atoms with Crippen molar-refractivity contribution in [3.8, 4) is 0 Å². The second-order valence-electron chi connectivity index (χ2n) is 6.38. The molecule has 2 unspecified atom stereocenters. The topological polar surface area (TPSA) is 65.3 Å². The summed E-state index contributed by atoms with van der Waals surface area (Å²) in [5, 5.41) is 16.3. The molecular formula is C20H18ClN3O2S. The number of hydrogen-bond acceptors (Lipinski definition) is 5. The lowest BCUT2D eigenvalue weighted by Gasteiger charge is -2.26. The number of halogens is 1. The maximum absolute atomic E-state index is 11.9. The first kappa shape index (κ1) is 18.2. The van der Waals surface area contributed by atoms with Crippen molar-refractivity contribution in [2.45, 2.75) is 24.1 Å². The fourth-order valence-corrected chi connectivity index (χ4v) is 4.35. The van der Waals surface area contributed by atoms with E-state index in [2.05, 4.69) is 4.99 Å². The van der Waals surface area contributed by atoms with Crippen molar-refractivity contribution in [1.82, 2.24) is 5.01 Å². The van der Waals surface area contributed by atoms with Crippen LogP contribution in [0.1, 0.15) is 30.0 Å². The van der Waals surface area contributed by atoms with Gasteiger partial charge in [0, 0.05) is 18.1 Å². The Kier molecular flexibility index (Phi) is 5.29. The Balaban J connectivity index is 1.73. The molecule has 0 aliphatic carbocycles. The molecule has 0 saturated heterocycles. The molecule has 2 aliphatic heterocycles. The summed E-state index contributed by atoms with van der Waals surface area (Å²) in [6.45, 7) is -0.00131. The highest BCUT2D eigenvalue weighted by molar-refractivity contribution is 8.15. The number of hydrogen-bond donors (Lipinski definition) is 1. The van der Waals surface area contributed by atoms with Gasteiger partial charge in [0.05, 0.1) is 17.0 Å².